The van der Waals surface area contributed by atoms with Crippen molar-refractivity contribution in [3.63, 3.8) is 0 Å². The number of aromatic hydroxyl groups is 1. The molecule has 5 saturated carbocycles. The molecule has 5 aliphatic rings. The van der Waals surface area contributed by atoms with Crippen molar-refractivity contribution in [1.82, 2.24) is 16.0 Å². The molecule has 0 spiro atoms. The molecule has 17 nitrogen and oxygen atoms in total. The molecule has 1 aromatic rings. The fourth-order valence-corrected chi connectivity index (χ4v) is 11.8. The summed E-state index contributed by atoms with van der Waals surface area (Å²) in [5.41, 5.74) is 0.816. The van der Waals surface area contributed by atoms with Crippen LogP contribution in [0.1, 0.15) is 243 Å². The molecule has 6 rings (SSSR count). The number of rotatable bonds is 15. The molecule has 0 atom stereocenters. The zero-order valence-electron chi connectivity index (χ0n) is 54.6. The third-order valence-corrected chi connectivity index (χ3v) is 16.3. The number of methoxy groups -OCH3 is 3. The largest absolute Gasteiger partial charge is 0.504 e. The van der Waals surface area contributed by atoms with Gasteiger partial charge in [0, 0.05) is 37.4 Å². The van der Waals surface area contributed by atoms with Gasteiger partial charge in [0.2, 0.25) is 5.91 Å². The molecule has 17 heteroatoms. The van der Waals surface area contributed by atoms with Crippen LogP contribution in [0.25, 0.3) is 0 Å². The Kier molecular flexibility index (Phi) is 34.1. The van der Waals surface area contributed by atoms with Crippen LogP contribution in [-0.2, 0) is 44.5 Å². The standard InChI is InChI=1S/C19H27NO3.C14H25NO4.C13H23NO4.C11H22O.C10H18O2/c1-13(2)10-14-4-7-16(8-5-14)20-19(22)12-15-6-9-17(21)18(11-15)23-3;1-14(2,3)19-13(17)15-11-7-5-10(6-8-11)9-12(16)18-4;1-13(2,3)18-12(17)14-10-6-4-9(5-7-10)8-11(15)16;1-9-4-6-10(7-5-9)8-11(2,3)12;1-8-3-5-9(6-4-8)7-10(11)12-2/h6,9-11,14,16,21H,4-5,7-8,12H2,1-3H3,(H,20,22);10-11H,5-9H2,1-4H3,(H,15,17);9-10H,4-8H2,1-3H3,(H,14,17)(H,15,16);9-10,12H,4-8H2,1-3H3;8-9H,3-7H2,1-2H3. The first kappa shape index (κ1) is 75.0. The lowest BCUT2D eigenvalue weighted by Crippen LogP contribution is -2.41. The van der Waals surface area contributed by atoms with E-state index < -0.39 is 22.8 Å². The fourth-order valence-electron chi connectivity index (χ4n) is 11.8. The minimum atomic E-state index is -0.737. The van der Waals surface area contributed by atoms with Crippen LogP contribution in [-0.4, -0.2) is 108 Å². The van der Waals surface area contributed by atoms with Gasteiger partial charge in [-0.15, -0.1) is 0 Å². The van der Waals surface area contributed by atoms with Gasteiger partial charge in [0.25, 0.3) is 0 Å². The van der Waals surface area contributed by atoms with Crippen molar-refractivity contribution in [3.8, 4) is 11.5 Å². The first-order chi connectivity index (χ1) is 39.2. The first-order valence-electron chi connectivity index (χ1n) is 31.6. The second-order valence-electron chi connectivity index (χ2n) is 27.8. The number of aliphatic hydroxyl groups is 1. The van der Waals surface area contributed by atoms with E-state index in [1.165, 1.54) is 78.3 Å². The number of carbonyl (C=O) groups excluding carboxylic acids is 5. The summed E-state index contributed by atoms with van der Waals surface area (Å²) in [6.45, 7) is 23.8. The van der Waals surface area contributed by atoms with Gasteiger partial charge in [-0.2, -0.15) is 0 Å². The fraction of sp³-hybridized carbons (Fsp3) is 0.791. The van der Waals surface area contributed by atoms with Gasteiger partial charge in [0.15, 0.2) is 11.5 Å². The van der Waals surface area contributed by atoms with Crippen LogP contribution in [0.3, 0.4) is 0 Å². The van der Waals surface area contributed by atoms with Crippen molar-refractivity contribution in [2.45, 2.75) is 279 Å². The second kappa shape index (κ2) is 38.2. The highest BCUT2D eigenvalue weighted by Crippen LogP contribution is 2.35. The van der Waals surface area contributed by atoms with E-state index in [0.29, 0.717) is 42.8 Å². The molecule has 3 amide bonds. The van der Waals surface area contributed by atoms with E-state index in [4.69, 9.17) is 19.3 Å². The number of hydrogen-bond donors (Lipinski definition) is 6. The Balaban J connectivity index is 0.000000366. The Morgan fingerprint density at radius 1 is 0.548 bits per heavy atom. The molecule has 84 heavy (non-hydrogen) atoms. The summed E-state index contributed by atoms with van der Waals surface area (Å²) in [6, 6.07) is 5.58. The van der Waals surface area contributed by atoms with Crippen molar-refractivity contribution < 1.29 is 67.8 Å². The normalized spacial score (nSPS) is 25.0. The Labute approximate surface area is 506 Å². The van der Waals surface area contributed by atoms with E-state index in [1.54, 1.807) is 18.2 Å². The van der Waals surface area contributed by atoms with Gasteiger partial charge >= 0.3 is 30.1 Å². The molecule has 0 aromatic heterocycles. The van der Waals surface area contributed by atoms with E-state index in [2.05, 4.69) is 59.2 Å². The summed E-state index contributed by atoms with van der Waals surface area (Å²) in [7, 11) is 4.38. The third kappa shape index (κ3) is 36.1. The summed E-state index contributed by atoms with van der Waals surface area (Å²) >= 11 is 0. The predicted molar refractivity (Wildman–Crippen MR) is 331 cm³/mol. The van der Waals surface area contributed by atoms with E-state index in [1.807, 2.05) is 55.4 Å². The molecule has 0 bridgehead atoms. The van der Waals surface area contributed by atoms with Crippen molar-refractivity contribution in [2.75, 3.05) is 21.3 Å². The quantitative estimate of drug-likeness (QED) is 0.0543. The number of carboxylic acid groups (broad SMARTS) is 1. The Morgan fingerprint density at radius 3 is 1.30 bits per heavy atom. The van der Waals surface area contributed by atoms with Gasteiger partial charge in [-0.05, 0) is 225 Å². The van der Waals surface area contributed by atoms with Gasteiger partial charge in [-0.3, -0.25) is 19.2 Å². The number of benzene rings is 1. The molecule has 5 fully saturated rings. The zero-order valence-corrected chi connectivity index (χ0v) is 54.6. The number of ether oxygens (including phenoxy) is 5. The number of allylic oxidation sites excluding steroid dienone is 2. The number of phenols is 1. The highest BCUT2D eigenvalue weighted by molar-refractivity contribution is 5.79. The van der Waals surface area contributed by atoms with Crippen molar-refractivity contribution >= 4 is 36.0 Å². The van der Waals surface area contributed by atoms with Crippen LogP contribution in [0.4, 0.5) is 9.59 Å². The highest BCUT2D eigenvalue weighted by Gasteiger charge is 2.29. The molecule has 0 heterocycles. The lowest BCUT2D eigenvalue weighted by Gasteiger charge is -2.30. The number of hydrogen-bond acceptors (Lipinski definition) is 13. The average Bonchev–Trinajstić information content (AvgIpc) is 3.49. The second-order valence-corrected chi connectivity index (χ2v) is 27.8. The molecule has 0 radical (unpaired) electrons. The number of carbonyl (C=O) groups is 6. The lowest BCUT2D eigenvalue weighted by molar-refractivity contribution is -0.142. The van der Waals surface area contributed by atoms with E-state index in [9.17, 15) is 39.0 Å². The molecular weight excluding hydrogens is 1070 g/mol. The van der Waals surface area contributed by atoms with Crippen LogP contribution < -0.4 is 20.7 Å². The smallest absolute Gasteiger partial charge is 0.407 e. The van der Waals surface area contributed by atoms with Crippen LogP contribution in [0.2, 0.25) is 0 Å². The molecule has 482 valence electrons. The minimum absolute atomic E-state index is 0.0309. The van der Waals surface area contributed by atoms with Crippen LogP contribution in [0, 0.1) is 41.4 Å². The number of phenolic OH excluding ortho intramolecular Hbond substituents is 1. The van der Waals surface area contributed by atoms with Crippen LogP contribution in [0.15, 0.2) is 29.8 Å². The molecule has 5 aliphatic carbocycles. The summed E-state index contributed by atoms with van der Waals surface area (Å²) in [5, 5.41) is 36.8. The number of carboxylic acids is 1. The Bertz CT molecular complexity index is 2120. The van der Waals surface area contributed by atoms with Gasteiger partial charge in [-0.25, -0.2) is 9.59 Å². The molecular formula is C67H115N3O14. The molecule has 6 N–H and O–H groups in total. The molecule has 0 aliphatic heterocycles. The number of alkyl carbamates (subject to hydrolysis) is 2. The lowest BCUT2D eigenvalue weighted by atomic mass is 9.78. The SMILES string of the molecule is CC(C)(C)OC(=O)NC1CCC(CC(=O)O)CC1.CC1CCC(CC(C)(C)O)CC1.COC(=O)CC1CCC(C)CC1.COC(=O)CC1CCC(NC(=O)OC(C)(C)C)CC1.COc1cc(CC(=O)NC2CCC(C=C(C)C)CC2)ccc1O. The summed E-state index contributed by atoms with van der Waals surface area (Å²) in [4.78, 5) is 68.1. The Morgan fingerprint density at radius 2 is 0.929 bits per heavy atom. The molecule has 0 saturated heterocycles. The van der Waals surface area contributed by atoms with E-state index in [-0.39, 0.29) is 66.2 Å². The van der Waals surface area contributed by atoms with Crippen LogP contribution in [0.5, 0.6) is 11.5 Å². The van der Waals surface area contributed by atoms with Crippen molar-refractivity contribution in [2.24, 2.45) is 41.4 Å². The van der Waals surface area contributed by atoms with E-state index >= 15 is 0 Å². The van der Waals surface area contributed by atoms with E-state index in [0.717, 1.165) is 107 Å². The topological polar surface area (TPSA) is 245 Å². The van der Waals surface area contributed by atoms with Crippen LogP contribution >= 0.6 is 0 Å². The molecule has 1 aromatic carbocycles. The van der Waals surface area contributed by atoms with Gasteiger partial charge in [0.1, 0.15) is 11.2 Å². The first-order valence-corrected chi connectivity index (χ1v) is 31.6. The zero-order chi connectivity index (χ0) is 63.2. The monoisotopic (exact) mass is 1190 g/mol. The molecule has 0 unspecified atom stereocenters. The van der Waals surface area contributed by atoms with Gasteiger partial charge < -0.3 is 55.0 Å². The minimum Gasteiger partial charge on any atom is -0.504 e. The van der Waals surface area contributed by atoms with Gasteiger partial charge in [-0.1, -0.05) is 70.1 Å². The Hall–Kier alpha value is -5.06. The maximum Gasteiger partial charge on any atom is 0.407 e. The number of amides is 3. The summed E-state index contributed by atoms with van der Waals surface area (Å²) < 4.78 is 24.8. The number of nitrogens with one attached hydrogen (secondary N) is 3. The van der Waals surface area contributed by atoms with Gasteiger partial charge in [0.05, 0.1) is 33.4 Å². The summed E-state index contributed by atoms with van der Waals surface area (Å²) in [6.07, 6.45) is 26.0. The highest BCUT2D eigenvalue weighted by atomic mass is 16.6. The third-order valence-electron chi connectivity index (χ3n) is 16.3. The maximum absolute atomic E-state index is 12.2. The number of esters is 2. The summed E-state index contributed by atoms with van der Waals surface area (Å²) in [5.74, 6) is 4.03. The average molecular weight is 1190 g/mol. The van der Waals surface area contributed by atoms with Crippen molar-refractivity contribution in [3.05, 3.63) is 35.4 Å². The maximum atomic E-state index is 12.2. The van der Waals surface area contributed by atoms with Crippen molar-refractivity contribution in [1.29, 1.82) is 0 Å². The number of aliphatic carboxylic acids is 1. The predicted octanol–water partition coefficient (Wildman–Crippen LogP) is 14.1.